The van der Waals surface area contributed by atoms with E-state index in [-0.39, 0.29) is 11.1 Å². The van der Waals surface area contributed by atoms with Crippen molar-refractivity contribution >= 4 is 34.3 Å². The zero-order chi connectivity index (χ0) is 19.7. The molecule has 0 aliphatic carbocycles. The number of carbonyl (C=O) groups is 1. The van der Waals surface area contributed by atoms with Crippen molar-refractivity contribution < 1.29 is 13.6 Å². The van der Waals surface area contributed by atoms with Gasteiger partial charge in [0.2, 0.25) is 5.89 Å². The second-order valence-electron chi connectivity index (χ2n) is 5.97. The van der Waals surface area contributed by atoms with Gasteiger partial charge >= 0.3 is 0 Å². The van der Waals surface area contributed by atoms with Gasteiger partial charge in [0.05, 0.1) is 17.2 Å². The van der Waals surface area contributed by atoms with Gasteiger partial charge in [-0.1, -0.05) is 11.6 Å². The van der Waals surface area contributed by atoms with Gasteiger partial charge in [-0.3, -0.25) is 4.79 Å². The number of anilines is 1. The molecule has 3 aromatic carbocycles. The minimum atomic E-state index is -0.760. The maximum atomic E-state index is 14.0. The molecular weight excluding hydrogens is 381 g/mol. The van der Waals surface area contributed by atoms with Crippen LogP contribution >= 0.6 is 11.6 Å². The Kier molecular flexibility index (Phi) is 4.52. The van der Waals surface area contributed by atoms with Crippen LogP contribution in [0.25, 0.3) is 22.6 Å². The number of aromatic nitrogens is 1. The molecule has 0 aliphatic heterocycles. The van der Waals surface area contributed by atoms with E-state index in [1.807, 2.05) is 6.07 Å². The Morgan fingerprint density at radius 3 is 2.61 bits per heavy atom. The third-order valence-corrected chi connectivity index (χ3v) is 4.33. The van der Waals surface area contributed by atoms with Gasteiger partial charge in [-0.05, 0) is 60.7 Å². The fraction of sp³-hybridized carbons (Fsp3) is 0. The third kappa shape index (κ3) is 3.43. The van der Waals surface area contributed by atoms with Gasteiger partial charge < -0.3 is 9.73 Å². The molecule has 0 atom stereocenters. The second-order valence-corrected chi connectivity index (χ2v) is 6.41. The lowest BCUT2D eigenvalue weighted by molar-refractivity contribution is 0.102. The van der Waals surface area contributed by atoms with Gasteiger partial charge in [0.15, 0.2) is 5.58 Å². The van der Waals surface area contributed by atoms with Gasteiger partial charge in [0.25, 0.3) is 5.91 Å². The number of oxazole rings is 1. The summed E-state index contributed by atoms with van der Waals surface area (Å²) in [7, 11) is 0. The maximum absolute atomic E-state index is 14.0. The number of carbonyl (C=O) groups excluding carboxylic acids is 1. The number of benzene rings is 3. The monoisotopic (exact) mass is 391 g/mol. The van der Waals surface area contributed by atoms with Gasteiger partial charge in [-0.25, -0.2) is 9.37 Å². The first-order valence-corrected chi connectivity index (χ1v) is 8.59. The molecule has 0 spiro atoms. The van der Waals surface area contributed by atoms with Gasteiger partial charge in [0.1, 0.15) is 11.3 Å². The standard InChI is InChI=1S/C21H11ClFN3O2/c22-14-4-2-13(3-5-14)21-26-18-10-15(6-8-19(18)28-21)25-20(27)16-7-1-12(11-24)9-17(16)23/h1-10H,(H,25,27). The van der Waals surface area contributed by atoms with Crippen LogP contribution in [0.4, 0.5) is 10.1 Å². The Hall–Kier alpha value is -3.69. The van der Waals surface area contributed by atoms with Crippen LogP contribution in [-0.2, 0) is 0 Å². The molecule has 28 heavy (non-hydrogen) atoms. The summed E-state index contributed by atoms with van der Waals surface area (Å²) >= 11 is 5.89. The smallest absolute Gasteiger partial charge is 0.258 e. The molecule has 1 aromatic heterocycles. The fourth-order valence-electron chi connectivity index (χ4n) is 2.69. The van der Waals surface area contributed by atoms with Crippen molar-refractivity contribution in [1.29, 1.82) is 5.26 Å². The van der Waals surface area contributed by atoms with E-state index in [2.05, 4.69) is 10.3 Å². The zero-order valence-electron chi connectivity index (χ0n) is 14.2. The highest BCUT2D eigenvalue weighted by Crippen LogP contribution is 2.27. The quantitative estimate of drug-likeness (QED) is 0.506. The van der Waals surface area contributed by atoms with Gasteiger partial charge in [-0.15, -0.1) is 0 Å². The molecule has 4 rings (SSSR count). The molecule has 4 aromatic rings. The largest absolute Gasteiger partial charge is 0.436 e. The van der Waals surface area contributed by atoms with Crippen molar-refractivity contribution in [3.63, 3.8) is 0 Å². The predicted molar refractivity (Wildman–Crippen MR) is 104 cm³/mol. The fourth-order valence-corrected chi connectivity index (χ4v) is 2.81. The molecule has 1 N–H and O–H groups in total. The van der Waals surface area contributed by atoms with Gasteiger partial charge in [0, 0.05) is 16.3 Å². The number of nitrogens with one attached hydrogen (secondary N) is 1. The summed E-state index contributed by atoms with van der Waals surface area (Å²) in [4.78, 5) is 16.8. The highest BCUT2D eigenvalue weighted by molar-refractivity contribution is 6.30. The summed E-state index contributed by atoms with van der Waals surface area (Å²) in [5.41, 5.74) is 2.30. The van der Waals surface area contributed by atoms with Crippen molar-refractivity contribution in [3.8, 4) is 17.5 Å². The SMILES string of the molecule is N#Cc1ccc(C(=O)Nc2ccc3oc(-c4ccc(Cl)cc4)nc3c2)c(F)c1. The van der Waals surface area contributed by atoms with E-state index in [4.69, 9.17) is 21.3 Å². The highest BCUT2D eigenvalue weighted by Gasteiger charge is 2.14. The first-order valence-electron chi connectivity index (χ1n) is 8.21. The molecule has 1 heterocycles. The molecule has 0 unspecified atom stereocenters. The van der Waals surface area contributed by atoms with Crippen LogP contribution in [0.3, 0.4) is 0 Å². The molecule has 7 heteroatoms. The number of hydrogen-bond acceptors (Lipinski definition) is 4. The summed E-state index contributed by atoms with van der Waals surface area (Å²) in [6, 6.07) is 17.5. The van der Waals surface area contributed by atoms with Crippen LogP contribution in [0.2, 0.25) is 5.02 Å². The van der Waals surface area contributed by atoms with Crippen molar-refractivity contribution in [2.75, 3.05) is 5.32 Å². The highest BCUT2D eigenvalue weighted by atomic mass is 35.5. The molecule has 0 saturated carbocycles. The first kappa shape index (κ1) is 17.7. The number of fused-ring (bicyclic) bond motifs is 1. The number of rotatable bonds is 3. The Labute approximate surface area is 164 Å². The number of hydrogen-bond donors (Lipinski definition) is 1. The van der Waals surface area contributed by atoms with Crippen molar-refractivity contribution in [2.45, 2.75) is 0 Å². The molecular formula is C21H11ClFN3O2. The van der Waals surface area contributed by atoms with E-state index in [1.165, 1.54) is 12.1 Å². The van der Waals surface area contributed by atoms with Crippen LogP contribution < -0.4 is 5.32 Å². The van der Waals surface area contributed by atoms with E-state index in [1.54, 1.807) is 42.5 Å². The second kappa shape index (κ2) is 7.14. The van der Waals surface area contributed by atoms with E-state index in [0.717, 1.165) is 11.6 Å². The Bertz CT molecular complexity index is 1240. The van der Waals surface area contributed by atoms with Crippen LogP contribution in [0.5, 0.6) is 0 Å². The van der Waals surface area contributed by atoms with E-state index in [0.29, 0.717) is 27.7 Å². The molecule has 0 bridgehead atoms. The number of amides is 1. The molecule has 0 fully saturated rings. The number of nitrogens with zero attached hydrogens (tertiary/aromatic N) is 2. The van der Waals surface area contributed by atoms with E-state index >= 15 is 0 Å². The number of halogens is 2. The summed E-state index contributed by atoms with van der Waals surface area (Å²) in [6.45, 7) is 0. The van der Waals surface area contributed by atoms with E-state index < -0.39 is 11.7 Å². The van der Waals surface area contributed by atoms with Crippen molar-refractivity contribution in [2.24, 2.45) is 0 Å². The minimum absolute atomic E-state index is 0.146. The van der Waals surface area contributed by atoms with Crippen molar-refractivity contribution in [3.05, 3.63) is 82.6 Å². The molecule has 0 radical (unpaired) electrons. The minimum Gasteiger partial charge on any atom is -0.436 e. The molecule has 0 aliphatic rings. The zero-order valence-corrected chi connectivity index (χ0v) is 15.0. The Morgan fingerprint density at radius 2 is 1.89 bits per heavy atom. The molecule has 0 saturated heterocycles. The maximum Gasteiger partial charge on any atom is 0.258 e. The lowest BCUT2D eigenvalue weighted by Crippen LogP contribution is -2.13. The van der Waals surface area contributed by atoms with Gasteiger partial charge in [-0.2, -0.15) is 5.26 Å². The lowest BCUT2D eigenvalue weighted by atomic mass is 10.1. The average Bonchev–Trinajstić information content (AvgIpc) is 3.11. The Balaban J connectivity index is 1.60. The van der Waals surface area contributed by atoms with Crippen LogP contribution in [0.1, 0.15) is 15.9 Å². The van der Waals surface area contributed by atoms with Crippen LogP contribution in [-0.4, -0.2) is 10.9 Å². The molecule has 136 valence electrons. The van der Waals surface area contributed by atoms with Crippen LogP contribution in [0, 0.1) is 17.1 Å². The topological polar surface area (TPSA) is 78.9 Å². The lowest BCUT2D eigenvalue weighted by Gasteiger charge is -2.06. The molecule has 5 nitrogen and oxygen atoms in total. The summed E-state index contributed by atoms with van der Waals surface area (Å²) < 4.78 is 19.7. The molecule has 1 amide bonds. The van der Waals surface area contributed by atoms with E-state index in [9.17, 15) is 9.18 Å². The summed E-state index contributed by atoms with van der Waals surface area (Å²) in [5.74, 6) is -0.958. The Morgan fingerprint density at radius 1 is 1.11 bits per heavy atom. The third-order valence-electron chi connectivity index (χ3n) is 4.08. The number of nitriles is 1. The first-order chi connectivity index (χ1) is 13.5. The predicted octanol–water partition coefficient (Wildman–Crippen LogP) is 5.41. The average molecular weight is 392 g/mol. The van der Waals surface area contributed by atoms with Crippen molar-refractivity contribution in [1.82, 2.24) is 4.98 Å². The summed E-state index contributed by atoms with van der Waals surface area (Å²) in [5, 5.41) is 12.0. The van der Waals surface area contributed by atoms with Crippen LogP contribution in [0.15, 0.2) is 65.1 Å². The normalized spacial score (nSPS) is 10.6. The summed E-state index contributed by atoms with van der Waals surface area (Å²) in [6.07, 6.45) is 0.